The maximum Gasteiger partial charge on any atom is 0.280 e. The van der Waals surface area contributed by atoms with Gasteiger partial charge in [-0.05, 0) is 31.2 Å². The molecule has 138 valence electrons. The third kappa shape index (κ3) is 4.45. The van der Waals surface area contributed by atoms with Crippen molar-refractivity contribution < 1.29 is 9.53 Å². The first-order valence-electron chi connectivity index (χ1n) is 8.12. The number of para-hydroxylation sites is 2. The number of rotatable bonds is 6. The van der Waals surface area contributed by atoms with E-state index < -0.39 is 5.91 Å². The Morgan fingerprint density at radius 1 is 1.22 bits per heavy atom. The van der Waals surface area contributed by atoms with Crippen LogP contribution >= 0.6 is 11.6 Å². The molecule has 0 atom stereocenters. The summed E-state index contributed by atoms with van der Waals surface area (Å²) in [5.74, 6) is -0.0618. The van der Waals surface area contributed by atoms with Gasteiger partial charge in [-0.25, -0.2) is 10.1 Å². The second kappa shape index (κ2) is 8.37. The summed E-state index contributed by atoms with van der Waals surface area (Å²) < 4.78 is 6.74. The van der Waals surface area contributed by atoms with E-state index in [4.69, 9.17) is 16.3 Å². The van der Waals surface area contributed by atoms with Gasteiger partial charge in [0.2, 0.25) is 0 Å². The van der Waals surface area contributed by atoms with E-state index in [1.807, 2.05) is 30.3 Å². The molecule has 27 heavy (non-hydrogen) atoms. The SMILES string of the molecule is Cc1[nH]n(-c2ccccc2)c(=O)c1C=NNC(=O)COc1ccccc1Cl. The topological polar surface area (TPSA) is 88.5 Å². The number of H-pyrrole nitrogens is 1. The number of aromatic amines is 1. The zero-order valence-electron chi connectivity index (χ0n) is 14.5. The van der Waals surface area contributed by atoms with Crippen molar-refractivity contribution >= 4 is 23.7 Å². The Balaban J connectivity index is 1.63. The summed E-state index contributed by atoms with van der Waals surface area (Å²) >= 11 is 5.95. The third-order valence-corrected chi connectivity index (χ3v) is 4.02. The summed E-state index contributed by atoms with van der Waals surface area (Å²) in [5.41, 5.74) is 3.76. The van der Waals surface area contributed by atoms with E-state index in [9.17, 15) is 9.59 Å². The molecule has 1 amide bonds. The summed E-state index contributed by atoms with van der Waals surface area (Å²) in [7, 11) is 0. The molecule has 0 aliphatic heterocycles. The molecule has 8 heteroatoms. The molecule has 0 aliphatic rings. The molecule has 3 rings (SSSR count). The lowest BCUT2D eigenvalue weighted by molar-refractivity contribution is -0.123. The molecule has 0 radical (unpaired) electrons. The summed E-state index contributed by atoms with van der Waals surface area (Å²) in [4.78, 5) is 24.3. The maximum atomic E-state index is 12.5. The van der Waals surface area contributed by atoms with Crippen LogP contribution in [0.15, 0.2) is 64.5 Å². The van der Waals surface area contributed by atoms with Crippen molar-refractivity contribution in [1.82, 2.24) is 15.2 Å². The maximum absolute atomic E-state index is 12.5. The van der Waals surface area contributed by atoms with Gasteiger partial charge in [-0.1, -0.05) is 41.9 Å². The Morgan fingerprint density at radius 3 is 2.67 bits per heavy atom. The molecule has 0 saturated carbocycles. The monoisotopic (exact) mass is 384 g/mol. The molecule has 7 nitrogen and oxygen atoms in total. The van der Waals surface area contributed by atoms with Crippen LogP contribution in [0.4, 0.5) is 0 Å². The fourth-order valence-electron chi connectivity index (χ4n) is 2.38. The van der Waals surface area contributed by atoms with Crippen LogP contribution in [0.3, 0.4) is 0 Å². The largest absolute Gasteiger partial charge is 0.482 e. The van der Waals surface area contributed by atoms with Crippen LogP contribution in [0.2, 0.25) is 5.02 Å². The number of hydrogen-bond donors (Lipinski definition) is 2. The zero-order chi connectivity index (χ0) is 19.2. The van der Waals surface area contributed by atoms with Crippen LogP contribution in [-0.2, 0) is 4.79 Å². The van der Waals surface area contributed by atoms with E-state index in [0.29, 0.717) is 27.7 Å². The van der Waals surface area contributed by atoms with Crippen molar-refractivity contribution in [1.29, 1.82) is 0 Å². The quantitative estimate of drug-likeness (QED) is 0.506. The van der Waals surface area contributed by atoms with E-state index in [2.05, 4.69) is 15.6 Å². The van der Waals surface area contributed by atoms with Gasteiger partial charge >= 0.3 is 0 Å². The molecule has 0 bridgehead atoms. The number of nitrogens with zero attached hydrogens (tertiary/aromatic N) is 2. The highest BCUT2D eigenvalue weighted by Gasteiger charge is 2.10. The number of aryl methyl sites for hydroxylation is 1. The van der Waals surface area contributed by atoms with Crippen molar-refractivity contribution in [3.8, 4) is 11.4 Å². The molecular formula is C19H17ClN4O3. The normalized spacial score (nSPS) is 10.9. The average Bonchev–Trinajstić information content (AvgIpc) is 2.96. The standard InChI is InChI=1S/C19H17ClN4O3/c1-13-15(19(26)24(23-13)14-7-3-2-4-8-14)11-21-22-18(25)12-27-17-10-6-5-9-16(17)20/h2-11,23H,12H2,1H3,(H,22,25). The highest BCUT2D eigenvalue weighted by molar-refractivity contribution is 6.32. The number of aromatic nitrogens is 2. The molecule has 1 heterocycles. The lowest BCUT2D eigenvalue weighted by atomic mass is 10.3. The van der Waals surface area contributed by atoms with Gasteiger partial charge < -0.3 is 4.74 Å². The highest BCUT2D eigenvalue weighted by Crippen LogP contribution is 2.22. The second-order valence-electron chi connectivity index (χ2n) is 5.64. The minimum atomic E-state index is -0.470. The first-order valence-corrected chi connectivity index (χ1v) is 8.50. The Bertz CT molecular complexity index is 1020. The van der Waals surface area contributed by atoms with Gasteiger partial charge in [-0.3, -0.25) is 14.7 Å². The number of hydrogen-bond acceptors (Lipinski definition) is 4. The molecular weight excluding hydrogens is 368 g/mol. The predicted molar refractivity (Wildman–Crippen MR) is 104 cm³/mol. The summed E-state index contributed by atoms with van der Waals surface area (Å²) in [5, 5.41) is 7.23. The number of carbonyl (C=O) groups is 1. The first-order chi connectivity index (χ1) is 13.1. The van der Waals surface area contributed by atoms with Crippen molar-refractivity contribution in [3.05, 3.63) is 81.2 Å². The Hall–Kier alpha value is -3.32. The molecule has 0 unspecified atom stereocenters. The number of ether oxygens (including phenoxy) is 1. The van der Waals surface area contributed by atoms with E-state index in [0.717, 1.165) is 0 Å². The zero-order valence-corrected chi connectivity index (χ0v) is 15.2. The van der Waals surface area contributed by atoms with Gasteiger partial charge in [0, 0.05) is 5.69 Å². The van der Waals surface area contributed by atoms with E-state index >= 15 is 0 Å². The van der Waals surface area contributed by atoms with Gasteiger partial charge in [0.05, 0.1) is 22.5 Å². The Labute approximate surface area is 160 Å². The number of nitrogens with one attached hydrogen (secondary N) is 2. The van der Waals surface area contributed by atoms with Crippen molar-refractivity contribution in [2.75, 3.05) is 6.61 Å². The Morgan fingerprint density at radius 2 is 1.93 bits per heavy atom. The fourth-order valence-corrected chi connectivity index (χ4v) is 2.57. The molecule has 1 aromatic heterocycles. The van der Waals surface area contributed by atoms with Crippen molar-refractivity contribution in [3.63, 3.8) is 0 Å². The minimum absolute atomic E-state index is 0.249. The smallest absolute Gasteiger partial charge is 0.280 e. The lowest BCUT2D eigenvalue weighted by Gasteiger charge is -2.06. The third-order valence-electron chi connectivity index (χ3n) is 3.71. The van der Waals surface area contributed by atoms with Crippen LogP contribution < -0.4 is 15.7 Å². The lowest BCUT2D eigenvalue weighted by Crippen LogP contribution is -2.25. The van der Waals surface area contributed by atoms with E-state index in [1.54, 1.807) is 31.2 Å². The summed E-state index contributed by atoms with van der Waals surface area (Å²) in [6.07, 6.45) is 1.31. The molecule has 2 N–H and O–H groups in total. The van der Waals surface area contributed by atoms with Crippen LogP contribution in [0.5, 0.6) is 5.75 Å². The van der Waals surface area contributed by atoms with Gasteiger partial charge in [0.25, 0.3) is 11.5 Å². The van der Waals surface area contributed by atoms with Crippen LogP contribution in [0.1, 0.15) is 11.3 Å². The molecule has 0 aliphatic carbocycles. The van der Waals surface area contributed by atoms with E-state index in [-0.39, 0.29) is 12.2 Å². The van der Waals surface area contributed by atoms with Gasteiger partial charge in [-0.15, -0.1) is 0 Å². The Kier molecular flexibility index (Phi) is 5.73. The van der Waals surface area contributed by atoms with Gasteiger partial charge in [0.1, 0.15) is 5.75 Å². The minimum Gasteiger partial charge on any atom is -0.482 e. The summed E-state index contributed by atoms with van der Waals surface area (Å²) in [6.45, 7) is 1.51. The molecule has 3 aromatic rings. The molecule has 0 spiro atoms. The molecule has 0 fully saturated rings. The van der Waals surface area contributed by atoms with E-state index in [1.165, 1.54) is 10.9 Å². The van der Waals surface area contributed by atoms with Crippen LogP contribution in [0, 0.1) is 6.92 Å². The van der Waals surface area contributed by atoms with Crippen molar-refractivity contribution in [2.24, 2.45) is 5.10 Å². The number of amides is 1. The second-order valence-corrected chi connectivity index (χ2v) is 6.05. The predicted octanol–water partition coefficient (Wildman–Crippen LogP) is 2.66. The molecule has 0 saturated heterocycles. The first kappa shape index (κ1) is 18.5. The molecule has 2 aromatic carbocycles. The average molecular weight is 385 g/mol. The van der Waals surface area contributed by atoms with Gasteiger partial charge in [0.15, 0.2) is 6.61 Å². The number of carbonyl (C=O) groups excluding carboxylic acids is 1. The van der Waals surface area contributed by atoms with Crippen LogP contribution in [-0.4, -0.2) is 28.5 Å². The number of hydrazone groups is 1. The van der Waals surface area contributed by atoms with Crippen molar-refractivity contribution in [2.45, 2.75) is 6.92 Å². The number of benzene rings is 2. The fraction of sp³-hybridized carbons (Fsp3) is 0.105. The summed E-state index contributed by atoms with van der Waals surface area (Å²) in [6, 6.07) is 16.0. The number of halogens is 1. The highest BCUT2D eigenvalue weighted by atomic mass is 35.5. The van der Waals surface area contributed by atoms with Gasteiger partial charge in [-0.2, -0.15) is 5.10 Å². The van der Waals surface area contributed by atoms with Crippen LogP contribution in [0.25, 0.3) is 5.69 Å².